The monoisotopic (exact) mass is 521 g/mol. The Balaban J connectivity index is 2.38. The predicted octanol–water partition coefficient (Wildman–Crippen LogP) is 5.03. The van der Waals surface area contributed by atoms with Crippen LogP contribution in [0.2, 0.25) is 0 Å². The first kappa shape index (κ1) is 21.2. The molecule has 1 unspecified atom stereocenters. The third kappa shape index (κ3) is 3.56. The lowest BCUT2D eigenvalue weighted by Crippen LogP contribution is -2.52. The van der Waals surface area contributed by atoms with Gasteiger partial charge >= 0.3 is 0 Å². The first-order valence-electron chi connectivity index (χ1n) is 8.49. The van der Waals surface area contributed by atoms with Gasteiger partial charge in [-0.1, -0.05) is 11.6 Å². The quantitative estimate of drug-likeness (QED) is 0.430. The van der Waals surface area contributed by atoms with E-state index in [2.05, 4.69) is 5.32 Å². The van der Waals surface area contributed by atoms with Gasteiger partial charge in [-0.25, -0.2) is 8.78 Å². The van der Waals surface area contributed by atoms with E-state index in [1.54, 1.807) is 30.0 Å². The van der Waals surface area contributed by atoms with Crippen molar-refractivity contribution < 1.29 is 18.7 Å². The summed E-state index contributed by atoms with van der Waals surface area (Å²) >= 11 is 5.17. The van der Waals surface area contributed by atoms with Crippen LogP contribution in [-0.4, -0.2) is 31.1 Å². The zero-order valence-corrected chi connectivity index (χ0v) is 18.3. The number of hydroxylamine groups is 1. The summed E-state index contributed by atoms with van der Waals surface area (Å²) < 4.78 is 39.1. The second-order valence-corrected chi connectivity index (χ2v) is 9.44. The summed E-state index contributed by atoms with van der Waals surface area (Å²) in [4.78, 5) is 0. The molecule has 1 aromatic carbocycles. The molecule has 2 N–H and O–H groups in total. The maximum absolute atomic E-state index is 15.4. The molecule has 2 aliphatic rings. The van der Waals surface area contributed by atoms with E-state index in [1.165, 1.54) is 12.1 Å². The molecule has 0 aromatic heterocycles. The van der Waals surface area contributed by atoms with Crippen molar-refractivity contribution in [2.75, 3.05) is 11.9 Å². The lowest BCUT2D eigenvalue weighted by Gasteiger charge is -2.45. The molecule has 0 saturated carbocycles. The summed E-state index contributed by atoms with van der Waals surface area (Å²) in [5.74, 6) is -3.13. The van der Waals surface area contributed by atoms with Gasteiger partial charge in [0.2, 0.25) is 0 Å². The minimum atomic E-state index is -3.29. The topological polar surface area (TPSA) is 68.5 Å². The molecule has 3 rings (SSSR count). The molecular formula is C19H19ClF2IN3O2. The number of ether oxygens (including phenoxy) is 1. The summed E-state index contributed by atoms with van der Waals surface area (Å²) in [6.45, 7) is 4.00. The van der Waals surface area contributed by atoms with E-state index in [0.29, 0.717) is 5.69 Å². The molecule has 9 heteroatoms. The van der Waals surface area contributed by atoms with Gasteiger partial charge in [0.25, 0.3) is 5.92 Å². The van der Waals surface area contributed by atoms with Crippen molar-refractivity contribution in [1.82, 2.24) is 3.28 Å². The second-order valence-electron chi connectivity index (χ2n) is 6.91. The lowest BCUT2D eigenvalue weighted by atomic mass is 9.67. The Morgan fingerprint density at radius 2 is 2.18 bits per heavy atom. The van der Waals surface area contributed by atoms with E-state index in [4.69, 9.17) is 16.3 Å². The average Bonchev–Trinajstić information content (AvgIpc) is 2.76. The number of fused-ring (bicyclic) bond motifs is 1. The van der Waals surface area contributed by atoms with Crippen molar-refractivity contribution in [2.45, 2.75) is 38.2 Å². The number of hydrogen-bond acceptors (Lipinski definition) is 5. The first-order valence-corrected chi connectivity index (χ1v) is 11.1. The van der Waals surface area contributed by atoms with Crippen LogP contribution in [0.5, 0.6) is 0 Å². The Hall–Kier alpha value is -1.54. The maximum Gasteiger partial charge on any atom is 0.261 e. The molecule has 150 valence electrons. The Morgan fingerprint density at radius 3 is 2.79 bits per heavy atom. The highest BCUT2D eigenvalue weighted by molar-refractivity contribution is 14.2. The van der Waals surface area contributed by atoms with Gasteiger partial charge in [-0.15, -0.1) is 0 Å². The highest BCUT2D eigenvalue weighted by Crippen LogP contribution is 2.54. The van der Waals surface area contributed by atoms with Crippen LogP contribution >= 0.6 is 32.6 Å². The van der Waals surface area contributed by atoms with Crippen LogP contribution in [0.15, 0.2) is 40.7 Å². The SMILES string of the molecule is CC(C)OCC1(C(C)(F)F)C2=C(Nc3ccc(C#N)cc31)N(O)I=CC(Cl)=C2. The number of benzene rings is 1. The second kappa shape index (κ2) is 7.71. The van der Waals surface area contributed by atoms with Crippen molar-refractivity contribution in [3.63, 3.8) is 0 Å². The molecule has 0 fully saturated rings. The maximum atomic E-state index is 15.4. The average molecular weight is 522 g/mol. The zero-order valence-electron chi connectivity index (χ0n) is 15.4. The van der Waals surface area contributed by atoms with Crippen molar-refractivity contribution in [3.8, 4) is 6.07 Å². The normalized spacial score (nSPS) is 21.8. The first-order chi connectivity index (χ1) is 13.1. The smallest absolute Gasteiger partial charge is 0.261 e. The van der Waals surface area contributed by atoms with Crippen LogP contribution in [-0.2, 0) is 10.2 Å². The van der Waals surface area contributed by atoms with Gasteiger partial charge < -0.3 is 10.1 Å². The molecule has 0 aliphatic carbocycles. The predicted molar refractivity (Wildman–Crippen MR) is 113 cm³/mol. The van der Waals surface area contributed by atoms with Crippen LogP contribution in [0.4, 0.5) is 14.5 Å². The van der Waals surface area contributed by atoms with Crippen LogP contribution in [0.3, 0.4) is 0 Å². The number of nitrogens with zero attached hydrogens (tertiary/aromatic N) is 2. The minimum Gasteiger partial charge on any atom is -0.377 e. The van der Waals surface area contributed by atoms with Crippen LogP contribution in [0, 0.1) is 11.3 Å². The fourth-order valence-electron chi connectivity index (χ4n) is 3.31. The summed E-state index contributed by atoms with van der Waals surface area (Å²) in [6, 6.07) is 6.56. The molecule has 0 bridgehead atoms. The van der Waals surface area contributed by atoms with Crippen LogP contribution in [0.25, 0.3) is 0 Å². The third-order valence-electron chi connectivity index (χ3n) is 4.67. The van der Waals surface area contributed by atoms with Gasteiger partial charge in [0, 0.05) is 48.2 Å². The lowest BCUT2D eigenvalue weighted by molar-refractivity contribution is -0.0889. The van der Waals surface area contributed by atoms with Crippen molar-refractivity contribution in [3.05, 3.63) is 51.8 Å². The van der Waals surface area contributed by atoms with Crippen LogP contribution < -0.4 is 5.32 Å². The number of nitrogens with one attached hydrogen (secondary N) is 1. The molecule has 0 amide bonds. The molecule has 2 heterocycles. The molecule has 1 aromatic rings. The van der Waals surface area contributed by atoms with Gasteiger partial charge in [0.05, 0.1) is 24.3 Å². The number of anilines is 1. The summed E-state index contributed by atoms with van der Waals surface area (Å²) in [5.41, 5.74) is -0.937. The molecule has 2 aliphatic heterocycles. The van der Waals surface area contributed by atoms with Crippen molar-refractivity contribution in [1.29, 1.82) is 5.26 Å². The fourth-order valence-corrected chi connectivity index (χ4v) is 5.04. The number of rotatable bonds is 4. The highest BCUT2D eigenvalue weighted by atomic mass is 127. The molecule has 1 atom stereocenters. The molecule has 0 saturated heterocycles. The van der Waals surface area contributed by atoms with E-state index in [9.17, 15) is 10.5 Å². The van der Waals surface area contributed by atoms with Crippen LogP contribution in [0.1, 0.15) is 31.9 Å². The largest absolute Gasteiger partial charge is 0.377 e. The third-order valence-corrected chi connectivity index (χ3v) is 7.22. The Morgan fingerprint density at radius 1 is 1.46 bits per heavy atom. The Labute approximate surface area is 177 Å². The van der Waals surface area contributed by atoms with Gasteiger partial charge in [-0.2, -0.15) is 8.54 Å². The van der Waals surface area contributed by atoms with Crippen molar-refractivity contribution >= 4 is 42.3 Å². The zero-order chi connectivity index (χ0) is 20.7. The van der Waals surface area contributed by atoms with Gasteiger partial charge in [0.1, 0.15) is 11.2 Å². The molecular weight excluding hydrogens is 503 g/mol. The standard InChI is InChI=1S/C19H19ClF2IN3O2/c1-11(2)28-10-19(18(3,21)22)14-6-12(9-24)4-5-16(14)25-17-15(19)7-13(20)8-23-26(17)27/h4-8,11,25,27H,10H2,1-3H3. The summed E-state index contributed by atoms with van der Waals surface area (Å²) in [7, 11) is 0. The number of alkyl halides is 2. The number of allylic oxidation sites excluding steroid dienone is 2. The molecule has 0 radical (unpaired) electrons. The number of halogens is 4. The van der Waals surface area contributed by atoms with Gasteiger partial charge in [-0.3, -0.25) is 5.21 Å². The van der Waals surface area contributed by atoms with Gasteiger partial charge in [-0.05, 0) is 43.7 Å². The van der Waals surface area contributed by atoms with E-state index in [-0.39, 0.29) is 40.3 Å². The molecule has 0 spiro atoms. The Bertz CT molecular complexity index is 934. The minimum absolute atomic E-state index is 0.129. The molecule has 5 nitrogen and oxygen atoms in total. The molecule has 28 heavy (non-hydrogen) atoms. The number of hydrogen-bond donors (Lipinski definition) is 2. The van der Waals surface area contributed by atoms with Crippen molar-refractivity contribution in [2.24, 2.45) is 0 Å². The van der Waals surface area contributed by atoms with Gasteiger partial charge in [0.15, 0.2) is 0 Å². The number of nitriles is 1. The fraction of sp³-hybridized carbons (Fsp3) is 0.368. The highest BCUT2D eigenvalue weighted by Gasteiger charge is 2.58. The summed E-state index contributed by atoms with van der Waals surface area (Å²) in [5, 5.41) is 23.1. The van der Waals surface area contributed by atoms with E-state index < -0.39 is 32.3 Å². The van der Waals surface area contributed by atoms with E-state index in [0.717, 1.165) is 10.2 Å². The van der Waals surface area contributed by atoms with E-state index >= 15 is 8.78 Å². The summed E-state index contributed by atoms with van der Waals surface area (Å²) in [6.07, 6.45) is 1.15. The van der Waals surface area contributed by atoms with E-state index in [1.807, 2.05) is 6.07 Å². The Kier molecular flexibility index (Phi) is 5.83.